The Kier molecular flexibility index (Phi) is 4.43. The Morgan fingerprint density at radius 1 is 1.45 bits per heavy atom. The van der Waals surface area contributed by atoms with Crippen LogP contribution < -0.4 is 5.32 Å². The average molecular weight is 284 g/mol. The quantitative estimate of drug-likeness (QED) is 0.597. The number of carboxylic acid groups (broad SMARTS) is 1. The molecule has 0 bridgehead atoms. The molecule has 1 amide bonds. The molecule has 0 aliphatic carbocycles. The van der Waals surface area contributed by atoms with Gasteiger partial charge in [-0.15, -0.1) is 0 Å². The zero-order valence-corrected chi connectivity index (χ0v) is 11.6. The summed E-state index contributed by atoms with van der Waals surface area (Å²) in [4.78, 5) is 33.4. The molecule has 0 radical (unpaired) electrons. The molecule has 2 N–H and O–H groups in total. The van der Waals surface area contributed by atoms with Crippen LogP contribution in [-0.2, 0) is 11.8 Å². The molecule has 0 spiro atoms. The Hall–Kier alpha value is -2.45. The second-order valence-corrected chi connectivity index (χ2v) is 4.70. The summed E-state index contributed by atoms with van der Waals surface area (Å²) in [5.41, 5.74) is -0.587. The number of hydrogen-bond donors (Lipinski definition) is 2. The van der Waals surface area contributed by atoms with Gasteiger partial charge in [0.1, 0.15) is 11.7 Å². The van der Waals surface area contributed by atoms with Crippen molar-refractivity contribution in [3.8, 4) is 0 Å². The Morgan fingerprint density at radius 3 is 2.40 bits per heavy atom. The van der Waals surface area contributed by atoms with Crippen LogP contribution in [0.5, 0.6) is 0 Å². The van der Waals surface area contributed by atoms with Gasteiger partial charge in [-0.1, -0.05) is 13.8 Å². The number of nitrogens with one attached hydrogen (secondary N) is 1. The van der Waals surface area contributed by atoms with Gasteiger partial charge < -0.3 is 10.4 Å². The highest BCUT2D eigenvalue weighted by molar-refractivity contribution is 5.98. The van der Waals surface area contributed by atoms with Gasteiger partial charge in [0.25, 0.3) is 5.91 Å². The maximum Gasteiger partial charge on any atom is 0.326 e. The summed E-state index contributed by atoms with van der Waals surface area (Å²) in [7, 11) is 1.39. The summed E-state index contributed by atoms with van der Waals surface area (Å²) >= 11 is 0. The number of aliphatic carboxylic acids is 1. The number of carbonyl (C=O) groups is 2. The summed E-state index contributed by atoms with van der Waals surface area (Å²) in [6.45, 7) is 4.66. The summed E-state index contributed by atoms with van der Waals surface area (Å²) in [6, 6.07) is -1.13. The lowest BCUT2D eigenvalue weighted by molar-refractivity contribution is -0.385. The number of carboxylic acids is 1. The molecule has 9 heteroatoms. The van der Waals surface area contributed by atoms with E-state index in [1.165, 1.54) is 14.0 Å². The van der Waals surface area contributed by atoms with Crippen molar-refractivity contribution in [1.29, 1.82) is 0 Å². The van der Waals surface area contributed by atoms with Crippen molar-refractivity contribution in [3.63, 3.8) is 0 Å². The number of amides is 1. The van der Waals surface area contributed by atoms with E-state index in [1.54, 1.807) is 13.8 Å². The number of aromatic nitrogens is 2. The molecule has 20 heavy (non-hydrogen) atoms. The third kappa shape index (κ3) is 2.92. The van der Waals surface area contributed by atoms with Crippen LogP contribution in [0.4, 0.5) is 5.69 Å². The molecule has 0 aliphatic rings. The van der Waals surface area contributed by atoms with Gasteiger partial charge in [0.2, 0.25) is 5.69 Å². The van der Waals surface area contributed by atoms with Crippen LogP contribution in [0.25, 0.3) is 0 Å². The fraction of sp³-hybridized carbons (Fsp3) is 0.545. The van der Waals surface area contributed by atoms with Crippen molar-refractivity contribution >= 4 is 17.6 Å². The smallest absolute Gasteiger partial charge is 0.326 e. The SMILES string of the molecule is Cc1nn(C)c(C(=O)N[C@H](C(=O)O)C(C)C)c1[N+](=O)[O-]. The molecule has 0 saturated heterocycles. The first-order chi connectivity index (χ1) is 9.16. The first-order valence-corrected chi connectivity index (χ1v) is 5.88. The van der Waals surface area contributed by atoms with Crippen LogP contribution in [0.3, 0.4) is 0 Å². The highest BCUT2D eigenvalue weighted by atomic mass is 16.6. The van der Waals surface area contributed by atoms with Gasteiger partial charge in [-0.25, -0.2) is 4.79 Å². The van der Waals surface area contributed by atoms with Gasteiger partial charge >= 0.3 is 11.7 Å². The maximum absolute atomic E-state index is 12.1. The third-order valence-electron chi connectivity index (χ3n) is 2.81. The van der Waals surface area contributed by atoms with Crippen LogP contribution in [0.2, 0.25) is 0 Å². The van der Waals surface area contributed by atoms with Crippen molar-refractivity contribution in [2.24, 2.45) is 13.0 Å². The average Bonchev–Trinajstić information content (AvgIpc) is 2.59. The molecule has 1 aromatic rings. The van der Waals surface area contributed by atoms with E-state index < -0.39 is 28.5 Å². The highest BCUT2D eigenvalue weighted by Gasteiger charge is 2.32. The Bertz CT molecular complexity index is 563. The van der Waals surface area contributed by atoms with Crippen molar-refractivity contribution in [2.45, 2.75) is 26.8 Å². The van der Waals surface area contributed by atoms with Crippen LogP contribution in [-0.4, -0.2) is 37.7 Å². The molecule has 1 aromatic heterocycles. The predicted octanol–water partition coefficient (Wildman–Crippen LogP) is 0.476. The lowest BCUT2D eigenvalue weighted by Gasteiger charge is -2.17. The van der Waals surface area contributed by atoms with Gasteiger partial charge in [0.05, 0.1) is 4.92 Å². The number of aryl methyl sites for hydroxylation is 2. The lowest BCUT2D eigenvalue weighted by atomic mass is 10.0. The van der Waals surface area contributed by atoms with Crippen molar-refractivity contribution in [2.75, 3.05) is 0 Å². The first kappa shape index (κ1) is 15.6. The predicted molar refractivity (Wildman–Crippen MR) is 68.3 cm³/mol. The molecule has 9 nitrogen and oxygen atoms in total. The van der Waals surface area contributed by atoms with Crippen molar-refractivity contribution < 1.29 is 19.6 Å². The lowest BCUT2D eigenvalue weighted by Crippen LogP contribution is -2.45. The molecule has 0 saturated carbocycles. The van der Waals surface area contributed by atoms with Gasteiger partial charge in [0.15, 0.2) is 0 Å². The minimum atomic E-state index is -1.20. The highest BCUT2D eigenvalue weighted by Crippen LogP contribution is 2.22. The van der Waals surface area contributed by atoms with E-state index in [1.807, 2.05) is 0 Å². The summed E-state index contributed by atoms with van der Waals surface area (Å²) in [5, 5.41) is 26.1. The normalized spacial score (nSPS) is 12.2. The number of nitro groups is 1. The molecule has 0 fully saturated rings. The van der Waals surface area contributed by atoms with Gasteiger partial charge in [-0.2, -0.15) is 5.10 Å². The van der Waals surface area contributed by atoms with Crippen LogP contribution in [0, 0.1) is 23.0 Å². The molecule has 1 heterocycles. The Balaban J connectivity index is 3.16. The molecule has 1 rings (SSSR count). The molecular weight excluding hydrogens is 268 g/mol. The molecule has 110 valence electrons. The maximum atomic E-state index is 12.1. The molecule has 1 atom stereocenters. The Morgan fingerprint density at radius 2 is 2.00 bits per heavy atom. The largest absolute Gasteiger partial charge is 0.480 e. The standard InChI is InChI=1S/C11H16N4O5/c1-5(2)7(11(17)18)12-10(16)9-8(15(19)20)6(3)13-14(9)4/h5,7H,1-4H3,(H,12,16)(H,17,18)/t7-/m0/s1. The van der Waals surface area contributed by atoms with Gasteiger partial charge in [-0.3, -0.25) is 19.6 Å². The molecule has 0 unspecified atom stereocenters. The van der Waals surface area contributed by atoms with E-state index in [2.05, 4.69) is 10.4 Å². The van der Waals surface area contributed by atoms with Crippen LogP contribution in [0.1, 0.15) is 30.0 Å². The van der Waals surface area contributed by atoms with Crippen molar-refractivity contribution in [3.05, 3.63) is 21.5 Å². The fourth-order valence-corrected chi connectivity index (χ4v) is 1.84. The van der Waals surface area contributed by atoms with Crippen LogP contribution >= 0.6 is 0 Å². The Labute approximate surface area is 114 Å². The van der Waals surface area contributed by atoms with E-state index in [9.17, 15) is 19.7 Å². The summed E-state index contributed by atoms with van der Waals surface area (Å²) in [6.07, 6.45) is 0. The van der Waals surface area contributed by atoms with Gasteiger partial charge in [-0.05, 0) is 12.8 Å². The number of hydrogen-bond acceptors (Lipinski definition) is 5. The molecule has 0 aliphatic heterocycles. The fourth-order valence-electron chi connectivity index (χ4n) is 1.84. The minimum absolute atomic E-state index is 0.0964. The minimum Gasteiger partial charge on any atom is -0.480 e. The van der Waals surface area contributed by atoms with Crippen LogP contribution in [0.15, 0.2) is 0 Å². The second kappa shape index (κ2) is 5.68. The third-order valence-corrected chi connectivity index (χ3v) is 2.81. The van der Waals surface area contributed by atoms with E-state index in [0.717, 1.165) is 4.68 Å². The number of carbonyl (C=O) groups excluding carboxylic acids is 1. The zero-order valence-electron chi connectivity index (χ0n) is 11.6. The zero-order chi connectivity index (χ0) is 15.6. The van der Waals surface area contributed by atoms with Gasteiger partial charge in [0, 0.05) is 7.05 Å². The van der Waals surface area contributed by atoms with E-state index >= 15 is 0 Å². The summed E-state index contributed by atoms with van der Waals surface area (Å²) in [5.74, 6) is -2.39. The van der Waals surface area contributed by atoms with Crippen molar-refractivity contribution in [1.82, 2.24) is 15.1 Å². The monoisotopic (exact) mass is 284 g/mol. The topological polar surface area (TPSA) is 127 Å². The van der Waals surface area contributed by atoms with E-state index in [-0.39, 0.29) is 17.3 Å². The first-order valence-electron chi connectivity index (χ1n) is 5.88. The van der Waals surface area contributed by atoms with E-state index in [0.29, 0.717) is 0 Å². The van der Waals surface area contributed by atoms with E-state index in [4.69, 9.17) is 5.11 Å². The molecule has 0 aromatic carbocycles. The number of nitrogens with zero attached hydrogens (tertiary/aromatic N) is 3. The second-order valence-electron chi connectivity index (χ2n) is 4.70. The number of rotatable bonds is 5. The molecular formula is C11H16N4O5. The summed E-state index contributed by atoms with van der Waals surface area (Å²) < 4.78 is 1.07.